The van der Waals surface area contributed by atoms with Crippen molar-refractivity contribution in [2.24, 2.45) is 0 Å². The number of aromatic nitrogens is 1. The van der Waals surface area contributed by atoms with Crippen molar-refractivity contribution in [3.63, 3.8) is 0 Å². The summed E-state index contributed by atoms with van der Waals surface area (Å²) in [7, 11) is 0. The van der Waals surface area contributed by atoms with Gasteiger partial charge in [0, 0.05) is 24.8 Å². The molecule has 0 spiro atoms. The molecule has 24 heavy (non-hydrogen) atoms. The molecule has 1 aliphatic rings. The van der Waals surface area contributed by atoms with Gasteiger partial charge >= 0.3 is 6.09 Å². The van der Waals surface area contributed by atoms with Gasteiger partial charge in [-0.2, -0.15) is 0 Å². The Kier molecular flexibility index (Phi) is 4.71. The summed E-state index contributed by atoms with van der Waals surface area (Å²) >= 11 is 6.23. The highest BCUT2D eigenvalue weighted by Crippen LogP contribution is 2.34. The molecule has 0 unspecified atom stereocenters. The van der Waals surface area contributed by atoms with Crippen LogP contribution in [0.25, 0.3) is 5.57 Å². The lowest BCUT2D eigenvalue weighted by atomic mass is 10.0. The van der Waals surface area contributed by atoms with Crippen molar-refractivity contribution in [1.29, 1.82) is 0 Å². The third-order valence-corrected chi connectivity index (χ3v) is 4.19. The van der Waals surface area contributed by atoms with E-state index < -0.39 is 6.09 Å². The molecule has 0 fully saturated rings. The molecule has 0 aliphatic carbocycles. The van der Waals surface area contributed by atoms with Gasteiger partial charge < -0.3 is 14.7 Å². The number of rotatable bonds is 3. The average Bonchev–Trinajstić information content (AvgIpc) is 2.58. The molecule has 2 aromatic rings. The summed E-state index contributed by atoms with van der Waals surface area (Å²) in [6.07, 6.45) is 3.28. The molecule has 124 valence electrons. The lowest BCUT2D eigenvalue weighted by Gasteiger charge is -2.24. The molecular weight excluding hydrogens is 328 g/mol. The minimum atomic E-state index is -0.903. The summed E-state index contributed by atoms with van der Waals surface area (Å²) < 4.78 is 5.91. The highest BCUT2D eigenvalue weighted by Gasteiger charge is 2.19. The molecule has 3 rings (SSSR count). The highest BCUT2D eigenvalue weighted by molar-refractivity contribution is 6.32. The minimum Gasteiger partial charge on any atom is -0.465 e. The average molecular weight is 345 g/mol. The van der Waals surface area contributed by atoms with Crippen molar-refractivity contribution in [3.8, 4) is 11.6 Å². The van der Waals surface area contributed by atoms with Gasteiger partial charge in [0.05, 0.1) is 5.02 Å². The highest BCUT2D eigenvalue weighted by atomic mass is 35.5. The summed E-state index contributed by atoms with van der Waals surface area (Å²) in [6.45, 7) is 2.79. The first-order valence-electron chi connectivity index (χ1n) is 7.61. The van der Waals surface area contributed by atoms with E-state index in [2.05, 4.69) is 4.98 Å². The van der Waals surface area contributed by atoms with Crippen molar-refractivity contribution in [1.82, 2.24) is 9.88 Å². The molecule has 2 heterocycles. The number of hydrogen-bond acceptors (Lipinski definition) is 3. The first-order valence-corrected chi connectivity index (χ1v) is 7.98. The number of amides is 1. The van der Waals surface area contributed by atoms with Crippen LogP contribution in [0.1, 0.15) is 17.5 Å². The zero-order valence-electron chi connectivity index (χ0n) is 13.2. The number of aryl methyl sites for hydroxylation is 1. The summed E-state index contributed by atoms with van der Waals surface area (Å²) in [6, 6.07) is 9.34. The van der Waals surface area contributed by atoms with Crippen molar-refractivity contribution in [2.75, 3.05) is 13.1 Å². The van der Waals surface area contributed by atoms with E-state index in [4.69, 9.17) is 21.4 Å². The van der Waals surface area contributed by atoms with Gasteiger partial charge in [-0.1, -0.05) is 23.7 Å². The van der Waals surface area contributed by atoms with E-state index in [1.54, 1.807) is 6.20 Å². The molecule has 0 bridgehead atoms. The van der Waals surface area contributed by atoms with Gasteiger partial charge in [0.25, 0.3) is 0 Å². The zero-order chi connectivity index (χ0) is 17.1. The SMILES string of the molecule is Cc1ccc(Oc2ncccc2C2=CCN(C(=O)O)CC2)c(Cl)c1. The van der Waals surface area contributed by atoms with Gasteiger partial charge in [0.15, 0.2) is 0 Å². The molecule has 1 aromatic heterocycles. The predicted octanol–water partition coefficient (Wildman–Crippen LogP) is 4.60. The fourth-order valence-electron chi connectivity index (χ4n) is 2.60. The number of pyridine rings is 1. The Morgan fingerprint density at radius 3 is 2.88 bits per heavy atom. The van der Waals surface area contributed by atoms with E-state index in [0.717, 1.165) is 16.7 Å². The molecule has 6 heteroatoms. The van der Waals surface area contributed by atoms with Crippen LogP contribution in [0.5, 0.6) is 11.6 Å². The van der Waals surface area contributed by atoms with Crippen LogP contribution in [0.4, 0.5) is 4.79 Å². The van der Waals surface area contributed by atoms with Crippen molar-refractivity contribution in [3.05, 3.63) is 58.8 Å². The van der Waals surface area contributed by atoms with Gasteiger partial charge in [-0.15, -0.1) is 0 Å². The Labute approximate surface area is 145 Å². The molecule has 5 nitrogen and oxygen atoms in total. The fourth-order valence-corrected chi connectivity index (χ4v) is 2.87. The summed E-state index contributed by atoms with van der Waals surface area (Å²) in [5, 5.41) is 9.57. The number of halogens is 1. The van der Waals surface area contributed by atoms with Crippen LogP contribution in [-0.2, 0) is 0 Å². The summed E-state index contributed by atoms with van der Waals surface area (Å²) in [4.78, 5) is 16.7. The van der Waals surface area contributed by atoms with Crippen LogP contribution in [-0.4, -0.2) is 34.2 Å². The molecule has 1 N–H and O–H groups in total. The van der Waals surface area contributed by atoms with Crippen molar-refractivity contribution < 1.29 is 14.6 Å². The molecule has 1 aliphatic heterocycles. The molecule has 0 radical (unpaired) electrons. The molecule has 0 saturated heterocycles. The van der Waals surface area contributed by atoms with Gasteiger partial charge in [0.1, 0.15) is 5.75 Å². The second-order valence-corrected chi connectivity index (χ2v) is 6.01. The lowest BCUT2D eigenvalue weighted by molar-refractivity contribution is 0.150. The maximum absolute atomic E-state index is 11.0. The topological polar surface area (TPSA) is 62.7 Å². The van der Waals surface area contributed by atoms with Gasteiger partial charge in [0.2, 0.25) is 5.88 Å². The molecule has 0 saturated carbocycles. The molecule has 1 amide bonds. The Balaban J connectivity index is 1.87. The van der Waals surface area contributed by atoms with E-state index in [9.17, 15) is 4.79 Å². The van der Waals surface area contributed by atoms with Crippen molar-refractivity contribution in [2.45, 2.75) is 13.3 Å². The van der Waals surface area contributed by atoms with Gasteiger partial charge in [-0.05, 0) is 48.7 Å². The third-order valence-electron chi connectivity index (χ3n) is 3.89. The van der Waals surface area contributed by atoms with E-state index in [1.165, 1.54) is 4.90 Å². The molecular formula is C18H17ClN2O3. The number of nitrogens with zero attached hydrogens (tertiary/aromatic N) is 2. The normalized spacial score (nSPS) is 14.2. The first-order chi connectivity index (χ1) is 11.5. The van der Waals surface area contributed by atoms with E-state index in [0.29, 0.717) is 36.2 Å². The van der Waals surface area contributed by atoms with Crippen molar-refractivity contribution >= 4 is 23.3 Å². The second kappa shape index (κ2) is 6.93. The number of carbonyl (C=O) groups is 1. The summed E-state index contributed by atoms with van der Waals surface area (Å²) in [5.41, 5.74) is 2.94. The number of hydrogen-bond donors (Lipinski definition) is 1. The maximum atomic E-state index is 11.0. The van der Waals surface area contributed by atoms with Crippen LogP contribution in [0.2, 0.25) is 5.02 Å². The zero-order valence-corrected chi connectivity index (χ0v) is 14.0. The first kappa shape index (κ1) is 16.3. The quantitative estimate of drug-likeness (QED) is 0.883. The Morgan fingerprint density at radius 2 is 2.21 bits per heavy atom. The maximum Gasteiger partial charge on any atom is 0.407 e. The molecule has 0 atom stereocenters. The number of benzene rings is 1. The third kappa shape index (κ3) is 3.51. The summed E-state index contributed by atoms with van der Waals surface area (Å²) in [5.74, 6) is 1.02. The van der Waals surface area contributed by atoms with Gasteiger partial charge in [-0.25, -0.2) is 9.78 Å². The Morgan fingerprint density at radius 1 is 1.38 bits per heavy atom. The largest absolute Gasteiger partial charge is 0.465 e. The standard InChI is InChI=1S/C18H17ClN2O3/c1-12-4-5-16(15(19)11-12)24-17-14(3-2-8-20-17)13-6-9-21(10-7-13)18(22)23/h2-6,8,11H,7,9-10H2,1H3,(H,22,23). The van der Waals surface area contributed by atoms with Crippen LogP contribution >= 0.6 is 11.6 Å². The van der Waals surface area contributed by atoms with Gasteiger partial charge in [-0.3, -0.25) is 0 Å². The molecule has 1 aromatic carbocycles. The smallest absolute Gasteiger partial charge is 0.407 e. The monoisotopic (exact) mass is 344 g/mol. The van der Waals surface area contributed by atoms with E-state index in [1.807, 2.05) is 43.3 Å². The predicted molar refractivity (Wildman–Crippen MR) is 92.7 cm³/mol. The number of carboxylic acid groups (broad SMARTS) is 1. The number of ether oxygens (including phenoxy) is 1. The van der Waals surface area contributed by atoms with E-state index in [-0.39, 0.29) is 0 Å². The van der Waals surface area contributed by atoms with E-state index >= 15 is 0 Å². The van der Waals surface area contributed by atoms with Crippen LogP contribution in [0.3, 0.4) is 0 Å². The Hall–Kier alpha value is -2.53. The lowest BCUT2D eigenvalue weighted by Crippen LogP contribution is -2.33. The van der Waals surface area contributed by atoms with Crippen LogP contribution in [0, 0.1) is 6.92 Å². The van der Waals surface area contributed by atoms with Crippen LogP contribution < -0.4 is 4.74 Å². The van der Waals surface area contributed by atoms with Crippen LogP contribution in [0.15, 0.2) is 42.6 Å². The fraction of sp³-hybridized carbons (Fsp3) is 0.222. The minimum absolute atomic E-state index is 0.365. The Bertz CT molecular complexity index is 805. The second-order valence-electron chi connectivity index (χ2n) is 5.60.